The Morgan fingerprint density at radius 3 is 1.64 bits per heavy atom. The van der Waals surface area contributed by atoms with Crippen molar-refractivity contribution in [2.24, 2.45) is 0 Å². The smallest absolute Gasteiger partial charge is 0.545 e. The van der Waals surface area contributed by atoms with Gasteiger partial charge in [0.05, 0.1) is 16.2 Å². The van der Waals surface area contributed by atoms with E-state index >= 15 is 0 Å². The maximum atomic E-state index is 10.3. The van der Waals surface area contributed by atoms with Gasteiger partial charge in [-0.05, 0) is 10.8 Å². The molecule has 0 N–H and O–H groups in total. The average Bonchev–Trinajstić information content (AvgIpc) is 2.37. The van der Waals surface area contributed by atoms with Crippen LogP contribution in [0.4, 0.5) is 0 Å². The first-order valence-corrected chi connectivity index (χ1v) is 4.54. The fourth-order valence-corrected chi connectivity index (χ4v) is 2.39. The minimum Gasteiger partial charge on any atom is -0.545 e. The molecule has 0 amide bonds. The van der Waals surface area contributed by atoms with E-state index in [-0.39, 0.29) is 107 Å². The zero-order valence-electron chi connectivity index (χ0n) is 7.60. The zero-order valence-corrected chi connectivity index (χ0v) is 15.5. The molecule has 0 spiro atoms. The summed E-state index contributed by atoms with van der Waals surface area (Å²) in [7, 11) is 0. The van der Waals surface area contributed by atoms with E-state index < -0.39 is 17.5 Å². The largest absolute Gasteiger partial charge is 1.00 e. The molecule has 4 nitrogen and oxygen atoms in total. The van der Waals surface area contributed by atoms with Crippen LogP contribution in [0.2, 0.25) is 0 Å². The maximum Gasteiger partial charge on any atom is 1.00 e. The zero-order chi connectivity index (χ0) is 9.14. The Morgan fingerprint density at radius 2 is 1.36 bits per heavy atom. The number of hydrogen-bond acceptors (Lipinski definition) is 6. The molecule has 8 heteroatoms. The van der Waals surface area contributed by atoms with E-state index in [9.17, 15) is 19.8 Å². The Bertz CT molecular complexity index is 274. The van der Waals surface area contributed by atoms with E-state index in [1.807, 2.05) is 0 Å². The molecule has 0 aromatic heterocycles. The molecule has 14 heavy (non-hydrogen) atoms. The van der Waals surface area contributed by atoms with Crippen molar-refractivity contribution in [3.8, 4) is 0 Å². The second-order valence-corrected chi connectivity index (χ2v) is 3.84. The van der Waals surface area contributed by atoms with Crippen LogP contribution in [0.25, 0.3) is 0 Å². The molecule has 64 valence electrons. The summed E-state index contributed by atoms with van der Waals surface area (Å²) in [6.07, 6.45) is 0. The summed E-state index contributed by atoms with van der Waals surface area (Å²) in [5, 5.41) is 23.7. The molecule has 0 atom stereocenters. The molecule has 0 aromatic carbocycles. The van der Waals surface area contributed by atoms with Crippen molar-refractivity contribution in [1.82, 2.24) is 0 Å². The Morgan fingerprint density at radius 1 is 1.00 bits per heavy atom. The predicted octanol–water partition coefficient (Wildman–Crippen LogP) is -7.34. The Hall–Kier alpha value is 2.39. The standard InChI is InChI=1S/C6H4O4S2.2K/c7-4(8)3(5(9)10)6-11-1-2-12-6;;/h1-2H,(H,7,8)(H,9,10);;/q;2*+1/p-2. The summed E-state index contributed by atoms with van der Waals surface area (Å²) in [6.45, 7) is 0. The van der Waals surface area contributed by atoms with Gasteiger partial charge in [-0.1, -0.05) is 23.5 Å². The second-order valence-electron chi connectivity index (χ2n) is 1.75. The number of carbonyl (C=O) groups is 2. The van der Waals surface area contributed by atoms with Crippen LogP contribution < -0.4 is 113 Å². The van der Waals surface area contributed by atoms with Gasteiger partial charge in [-0.2, -0.15) is 0 Å². The van der Waals surface area contributed by atoms with Gasteiger partial charge >= 0.3 is 103 Å². The van der Waals surface area contributed by atoms with Crippen molar-refractivity contribution in [3.05, 3.63) is 20.6 Å². The molecule has 0 saturated heterocycles. The number of carboxylic acids is 2. The molecule has 0 radical (unpaired) electrons. The normalized spacial score (nSPS) is 12.7. The van der Waals surface area contributed by atoms with Gasteiger partial charge in [0.1, 0.15) is 0 Å². The molecule has 0 aliphatic carbocycles. The topological polar surface area (TPSA) is 80.3 Å². The van der Waals surface area contributed by atoms with E-state index in [0.29, 0.717) is 0 Å². The van der Waals surface area contributed by atoms with Gasteiger partial charge < -0.3 is 19.8 Å². The summed E-state index contributed by atoms with van der Waals surface area (Å²) < 4.78 is 0.176. The monoisotopic (exact) mass is 280 g/mol. The van der Waals surface area contributed by atoms with Crippen molar-refractivity contribution < 1.29 is 123 Å². The molecule has 0 fully saturated rings. The van der Waals surface area contributed by atoms with E-state index in [1.54, 1.807) is 10.8 Å². The van der Waals surface area contributed by atoms with E-state index in [2.05, 4.69) is 0 Å². The average molecular weight is 280 g/mol. The van der Waals surface area contributed by atoms with Crippen LogP contribution in [0.15, 0.2) is 20.6 Å². The van der Waals surface area contributed by atoms with Gasteiger partial charge in [0.15, 0.2) is 0 Å². The van der Waals surface area contributed by atoms with Crippen LogP contribution in [-0.4, -0.2) is 11.9 Å². The number of rotatable bonds is 2. The third-order valence-electron chi connectivity index (χ3n) is 1.02. The summed E-state index contributed by atoms with van der Waals surface area (Å²) in [5.41, 5.74) is -0.782. The van der Waals surface area contributed by atoms with Gasteiger partial charge in [-0.15, -0.1) is 0 Å². The van der Waals surface area contributed by atoms with Gasteiger partial charge in [-0.3, -0.25) is 0 Å². The van der Waals surface area contributed by atoms with Crippen molar-refractivity contribution in [1.29, 1.82) is 0 Å². The van der Waals surface area contributed by atoms with Gasteiger partial charge in [0, 0.05) is 5.57 Å². The Labute approximate surface area is 174 Å². The number of carbonyl (C=O) groups excluding carboxylic acids is 2. The SMILES string of the molecule is O=C([O-])C(C(=O)[O-])=C1SC=CS1.[K+].[K+]. The predicted molar refractivity (Wildman–Crippen MR) is 41.4 cm³/mol. The summed E-state index contributed by atoms with van der Waals surface area (Å²) in [4.78, 5) is 20.6. The van der Waals surface area contributed by atoms with Crippen molar-refractivity contribution in [3.63, 3.8) is 0 Å². The van der Waals surface area contributed by atoms with Crippen LogP contribution >= 0.6 is 23.5 Å². The van der Waals surface area contributed by atoms with Gasteiger partial charge in [0.25, 0.3) is 0 Å². The van der Waals surface area contributed by atoms with Crippen molar-refractivity contribution in [2.45, 2.75) is 0 Å². The molecular weight excluding hydrogens is 278 g/mol. The van der Waals surface area contributed by atoms with Gasteiger partial charge in [-0.25, -0.2) is 0 Å². The summed E-state index contributed by atoms with van der Waals surface area (Å²) in [5.74, 6) is -3.43. The van der Waals surface area contributed by atoms with Crippen molar-refractivity contribution >= 4 is 35.5 Å². The van der Waals surface area contributed by atoms with Crippen molar-refractivity contribution in [2.75, 3.05) is 0 Å². The van der Waals surface area contributed by atoms with E-state index in [4.69, 9.17) is 0 Å². The first-order chi connectivity index (χ1) is 5.63. The molecular formula is C6H2K2O4S2. The minimum atomic E-state index is -1.71. The number of thioether (sulfide) groups is 2. The third kappa shape index (κ3) is 5.64. The Kier molecular flexibility index (Phi) is 12.6. The number of hydrogen-bond donors (Lipinski definition) is 0. The fourth-order valence-electron chi connectivity index (χ4n) is 0.575. The third-order valence-corrected chi connectivity index (χ3v) is 3.15. The summed E-state index contributed by atoms with van der Waals surface area (Å²) in [6, 6.07) is 0. The van der Waals surface area contributed by atoms with Gasteiger partial charge in [0.2, 0.25) is 0 Å². The quantitative estimate of drug-likeness (QED) is 0.216. The molecule has 0 saturated carbocycles. The number of aliphatic carboxylic acids is 2. The van der Waals surface area contributed by atoms with E-state index in [0.717, 1.165) is 23.5 Å². The Balaban J connectivity index is 0. The fraction of sp³-hybridized carbons (Fsp3) is 0. The maximum absolute atomic E-state index is 10.3. The molecule has 0 bridgehead atoms. The second kappa shape index (κ2) is 9.43. The van der Waals surface area contributed by atoms with Crippen LogP contribution in [0.5, 0.6) is 0 Å². The molecule has 1 aliphatic heterocycles. The molecule has 1 rings (SSSR count). The van der Waals surface area contributed by atoms with Crippen LogP contribution in [0.3, 0.4) is 0 Å². The molecule has 1 heterocycles. The molecule has 1 aliphatic rings. The molecule has 0 unspecified atom stereocenters. The summed E-state index contributed by atoms with van der Waals surface area (Å²) >= 11 is 2.05. The first kappa shape index (κ1) is 18.7. The van der Waals surface area contributed by atoms with Crippen LogP contribution in [0.1, 0.15) is 0 Å². The van der Waals surface area contributed by atoms with E-state index in [1.165, 1.54) is 0 Å². The van der Waals surface area contributed by atoms with Crippen LogP contribution in [0, 0.1) is 0 Å². The number of carboxylic acid groups (broad SMARTS) is 2. The minimum absolute atomic E-state index is 0. The van der Waals surface area contributed by atoms with Crippen LogP contribution in [-0.2, 0) is 9.59 Å². The first-order valence-electron chi connectivity index (χ1n) is 2.78. The molecule has 0 aromatic rings.